The van der Waals surface area contributed by atoms with E-state index in [1.54, 1.807) is 0 Å². The van der Waals surface area contributed by atoms with Gasteiger partial charge in [0.1, 0.15) is 4.21 Å². The molecule has 2 bridgehead atoms. The standard InChI is InChI=1S/C11H13NO5S2/c13-11(14)6-3-10(18-5-6)19(15,16)12-8-4-7-1-2-9(8)17-7/h3,5,7-9,12H,1-2,4H2,(H,13,14). The van der Waals surface area contributed by atoms with E-state index >= 15 is 0 Å². The van der Waals surface area contributed by atoms with Crippen molar-refractivity contribution in [2.24, 2.45) is 0 Å². The Morgan fingerprint density at radius 2 is 2.26 bits per heavy atom. The molecule has 19 heavy (non-hydrogen) atoms. The molecule has 2 fully saturated rings. The molecule has 2 aliphatic rings. The molecule has 6 nitrogen and oxygen atoms in total. The van der Waals surface area contributed by atoms with Crippen LogP contribution in [0.1, 0.15) is 29.6 Å². The summed E-state index contributed by atoms with van der Waals surface area (Å²) in [5.74, 6) is -1.12. The minimum absolute atomic E-state index is 0.00503. The van der Waals surface area contributed by atoms with Gasteiger partial charge in [-0.05, 0) is 25.3 Å². The van der Waals surface area contributed by atoms with Crippen molar-refractivity contribution in [3.8, 4) is 0 Å². The van der Waals surface area contributed by atoms with Crippen LogP contribution >= 0.6 is 11.3 Å². The summed E-state index contributed by atoms with van der Waals surface area (Å²) >= 11 is 0.916. The van der Waals surface area contributed by atoms with E-state index in [4.69, 9.17) is 9.84 Å². The first-order chi connectivity index (χ1) is 8.95. The van der Waals surface area contributed by atoms with Crippen LogP contribution in [0, 0.1) is 0 Å². The average Bonchev–Trinajstić information content (AvgIpc) is 3.04. The predicted molar refractivity (Wildman–Crippen MR) is 67.9 cm³/mol. The monoisotopic (exact) mass is 303 g/mol. The van der Waals surface area contributed by atoms with E-state index in [1.807, 2.05) is 0 Å². The van der Waals surface area contributed by atoms with Crippen molar-refractivity contribution in [1.82, 2.24) is 4.72 Å². The smallest absolute Gasteiger partial charge is 0.336 e. The first kappa shape index (κ1) is 13.0. The van der Waals surface area contributed by atoms with E-state index in [1.165, 1.54) is 11.4 Å². The van der Waals surface area contributed by atoms with E-state index in [0.717, 1.165) is 24.2 Å². The number of thiophene rings is 1. The molecule has 1 aromatic heterocycles. The van der Waals surface area contributed by atoms with Gasteiger partial charge in [0.2, 0.25) is 10.0 Å². The lowest BCUT2D eigenvalue weighted by atomic mass is 9.96. The van der Waals surface area contributed by atoms with Gasteiger partial charge in [0.15, 0.2) is 0 Å². The SMILES string of the molecule is O=C(O)c1csc(S(=O)(=O)NC2CC3CCC2O3)c1. The van der Waals surface area contributed by atoms with Crippen molar-refractivity contribution in [3.63, 3.8) is 0 Å². The molecular weight excluding hydrogens is 290 g/mol. The molecule has 0 aromatic carbocycles. The molecule has 1 aromatic rings. The number of nitrogens with one attached hydrogen (secondary N) is 1. The maximum atomic E-state index is 12.2. The highest BCUT2D eigenvalue weighted by molar-refractivity contribution is 7.91. The molecule has 2 aliphatic heterocycles. The highest BCUT2D eigenvalue weighted by atomic mass is 32.2. The largest absolute Gasteiger partial charge is 0.478 e. The third-order valence-corrected chi connectivity index (χ3v) is 6.43. The maximum Gasteiger partial charge on any atom is 0.336 e. The number of carboxylic acid groups (broad SMARTS) is 1. The molecule has 3 atom stereocenters. The fourth-order valence-corrected chi connectivity index (χ4v) is 5.04. The quantitative estimate of drug-likeness (QED) is 0.867. The Morgan fingerprint density at radius 1 is 1.47 bits per heavy atom. The van der Waals surface area contributed by atoms with E-state index in [-0.39, 0.29) is 28.0 Å². The summed E-state index contributed by atoms with van der Waals surface area (Å²) < 4.78 is 32.5. The Morgan fingerprint density at radius 3 is 2.79 bits per heavy atom. The van der Waals surface area contributed by atoms with Gasteiger partial charge in [-0.25, -0.2) is 17.9 Å². The Labute approximate surface area is 114 Å². The molecule has 8 heteroatoms. The molecule has 3 rings (SSSR count). The fraction of sp³-hybridized carbons (Fsp3) is 0.545. The maximum absolute atomic E-state index is 12.2. The summed E-state index contributed by atoms with van der Waals surface area (Å²) in [4.78, 5) is 10.8. The number of fused-ring (bicyclic) bond motifs is 2. The van der Waals surface area contributed by atoms with Gasteiger partial charge < -0.3 is 9.84 Å². The van der Waals surface area contributed by atoms with Crippen LogP contribution in [0.15, 0.2) is 15.7 Å². The zero-order chi connectivity index (χ0) is 13.6. The number of carbonyl (C=O) groups is 1. The second kappa shape index (κ2) is 4.55. The molecular formula is C11H13NO5S2. The van der Waals surface area contributed by atoms with Gasteiger partial charge in [0, 0.05) is 5.38 Å². The van der Waals surface area contributed by atoms with Crippen LogP contribution < -0.4 is 4.72 Å². The third kappa shape index (κ3) is 2.40. The number of hydrogen-bond donors (Lipinski definition) is 2. The Hall–Kier alpha value is -0.960. The first-order valence-electron chi connectivity index (χ1n) is 5.95. The average molecular weight is 303 g/mol. The second-order valence-electron chi connectivity index (χ2n) is 4.80. The first-order valence-corrected chi connectivity index (χ1v) is 8.31. The van der Waals surface area contributed by atoms with Crippen molar-refractivity contribution in [2.45, 2.75) is 41.7 Å². The van der Waals surface area contributed by atoms with Gasteiger partial charge in [-0.2, -0.15) is 0 Å². The van der Waals surface area contributed by atoms with Crippen LogP contribution in [0.2, 0.25) is 0 Å². The lowest BCUT2D eigenvalue weighted by Crippen LogP contribution is -2.41. The summed E-state index contributed by atoms with van der Waals surface area (Å²) in [5, 5.41) is 10.1. The molecule has 2 saturated heterocycles. The van der Waals surface area contributed by atoms with Crippen molar-refractivity contribution in [2.75, 3.05) is 0 Å². The second-order valence-corrected chi connectivity index (χ2v) is 7.65. The van der Waals surface area contributed by atoms with Crippen LogP contribution in [-0.4, -0.2) is 37.7 Å². The molecule has 104 valence electrons. The van der Waals surface area contributed by atoms with Crippen LogP contribution in [-0.2, 0) is 14.8 Å². The summed E-state index contributed by atoms with van der Waals surface area (Å²) in [5.41, 5.74) is -0.00503. The number of aromatic carboxylic acids is 1. The summed E-state index contributed by atoms with van der Waals surface area (Å²) in [6.45, 7) is 0. The fourth-order valence-electron chi connectivity index (χ4n) is 2.59. The topological polar surface area (TPSA) is 92.7 Å². The minimum atomic E-state index is -3.65. The number of ether oxygens (including phenoxy) is 1. The molecule has 3 unspecified atom stereocenters. The van der Waals surface area contributed by atoms with Gasteiger partial charge in [-0.15, -0.1) is 11.3 Å². The number of hydrogen-bond acceptors (Lipinski definition) is 5. The van der Waals surface area contributed by atoms with Gasteiger partial charge >= 0.3 is 5.97 Å². The molecule has 0 spiro atoms. The highest BCUT2D eigenvalue weighted by Crippen LogP contribution is 2.35. The van der Waals surface area contributed by atoms with Crippen LogP contribution in [0.4, 0.5) is 0 Å². The Kier molecular flexibility index (Phi) is 3.12. The van der Waals surface area contributed by atoms with E-state index < -0.39 is 16.0 Å². The lowest BCUT2D eigenvalue weighted by Gasteiger charge is -2.19. The lowest BCUT2D eigenvalue weighted by molar-refractivity contribution is 0.0697. The van der Waals surface area contributed by atoms with E-state index in [9.17, 15) is 13.2 Å². The van der Waals surface area contributed by atoms with Crippen LogP contribution in [0.5, 0.6) is 0 Å². The van der Waals surface area contributed by atoms with Gasteiger partial charge in [-0.3, -0.25) is 0 Å². The molecule has 2 N–H and O–H groups in total. The normalized spacial score (nSPS) is 29.8. The van der Waals surface area contributed by atoms with Crippen molar-refractivity contribution >= 4 is 27.3 Å². The predicted octanol–water partition coefficient (Wildman–Crippen LogP) is 1.04. The number of carboxylic acids is 1. The Balaban J connectivity index is 1.77. The summed E-state index contributed by atoms with van der Waals surface area (Å²) in [7, 11) is -3.65. The molecule has 3 heterocycles. The Bertz CT molecular complexity index is 608. The van der Waals surface area contributed by atoms with Crippen molar-refractivity contribution < 1.29 is 23.1 Å². The minimum Gasteiger partial charge on any atom is -0.478 e. The van der Waals surface area contributed by atoms with E-state index in [2.05, 4.69) is 4.72 Å². The van der Waals surface area contributed by atoms with E-state index in [0.29, 0.717) is 6.42 Å². The molecule has 0 saturated carbocycles. The number of rotatable bonds is 4. The zero-order valence-corrected chi connectivity index (χ0v) is 11.5. The third-order valence-electron chi connectivity index (χ3n) is 3.50. The van der Waals surface area contributed by atoms with Gasteiger partial charge in [0.25, 0.3) is 0 Å². The molecule has 0 amide bonds. The molecule has 0 aliphatic carbocycles. The van der Waals surface area contributed by atoms with Crippen LogP contribution in [0.3, 0.4) is 0 Å². The van der Waals surface area contributed by atoms with Crippen LogP contribution in [0.25, 0.3) is 0 Å². The summed E-state index contributed by atoms with van der Waals surface area (Å²) in [6.07, 6.45) is 2.68. The summed E-state index contributed by atoms with van der Waals surface area (Å²) in [6, 6.07) is 0.989. The van der Waals surface area contributed by atoms with Gasteiger partial charge in [0.05, 0.1) is 23.8 Å². The number of sulfonamides is 1. The zero-order valence-electron chi connectivity index (χ0n) is 9.90. The van der Waals surface area contributed by atoms with Gasteiger partial charge in [-0.1, -0.05) is 0 Å². The molecule has 0 radical (unpaired) electrons. The van der Waals surface area contributed by atoms with Crippen molar-refractivity contribution in [1.29, 1.82) is 0 Å². The highest BCUT2D eigenvalue weighted by Gasteiger charge is 2.42. The van der Waals surface area contributed by atoms with Crippen molar-refractivity contribution in [3.05, 3.63) is 17.0 Å².